The summed E-state index contributed by atoms with van der Waals surface area (Å²) >= 11 is 3.24. The van der Waals surface area contributed by atoms with Gasteiger partial charge in [-0.2, -0.15) is 13.2 Å². The predicted octanol–water partition coefficient (Wildman–Crippen LogP) is 3.79. The van der Waals surface area contributed by atoms with Crippen molar-refractivity contribution in [2.24, 2.45) is 0 Å². The molecule has 0 radical (unpaired) electrons. The molecule has 86 valence electrons. The highest BCUT2D eigenvalue weighted by atomic mass is 79.9. The Morgan fingerprint density at radius 2 is 2.06 bits per heavy atom. The lowest BCUT2D eigenvalue weighted by atomic mass is 10.2. The summed E-state index contributed by atoms with van der Waals surface area (Å²) in [5, 5.41) is 0. The molecule has 2 nitrogen and oxygen atoms in total. The van der Waals surface area contributed by atoms with Crippen LogP contribution < -0.4 is 0 Å². The Morgan fingerprint density at radius 1 is 1.38 bits per heavy atom. The third-order valence-corrected chi connectivity index (χ3v) is 2.70. The number of rotatable bonds is 1. The average Bonchev–Trinajstić information content (AvgIpc) is 2.59. The van der Waals surface area contributed by atoms with E-state index in [4.69, 9.17) is 0 Å². The monoisotopic (exact) mass is 292 g/mol. The van der Waals surface area contributed by atoms with Crippen molar-refractivity contribution in [3.8, 4) is 11.4 Å². The molecule has 0 saturated carbocycles. The number of alkyl halides is 3. The van der Waals surface area contributed by atoms with Crippen molar-refractivity contribution < 1.29 is 13.2 Å². The van der Waals surface area contributed by atoms with Crippen molar-refractivity contribution in [2.75, 3.05) is 0 Å². The average molecular weight is 293 g/mol. The van der Waals surface area contributed by atoms with Crippen molar-refractivity contribution in [3.05, 3.63) is 28.5 Å². The molecule has 0 aromatic carbocycles. The van der Waals surface area contributed by atoms with Gasteiger partial charge in [-0.05, 0) is 35.0 Å². The normalized spacial score (nSPS) is 12.3. The lowest BCUT2D eigenvalue weighted by Gasteiger charge is -2.09. The van der Waals surface area contributed by atoms with Crippen LogP contribution in [0.3, 0.4) is 0 Å². The molecule has 2 aliphatic heterocycles. The van der Waals surface area contributed by atoms with Gasteiger partial charge < -0.3 is 4.57 Å². The molecule has 0 amide bonds. The molecule has 0 aromatic heterocycles. The van der Waals surface area contributed by atoms with Gasteiger partial charge in [0.25, 0.3) is 0 Å². The molecule has 0 spiro atoms. The Bertz CT molecular complexity index is 490. The van der Waals surface area contributed by atoms with Gasteiger partial charge in [-0.25, -0.2) is 4.98 Å². The van der Waals surface area contributed by atoms with Crippen molar-refractivity contribution >= 4 is 15.9 Å². The van der Waals surface area contributed by atoms with E-state index < -0.39 is 11.9 Å². The fourth-order valence-electron chi connectivity index (χ4n) is 1.55. The van der Waals surface area contributed by atoms with Crippen LogP contribution in [-0.4, -0.2) is 9.55 Å². The van der Waals surface area contributed by atoms with E-state index in [9.17, 15) is 13.2 Å². The van der Waals surface area contributed by atoms with Gasteiger partial charge in [0.2, 0.25) is 0 Å². The van der Waals surface area contributed by atoms with Gasteiger partial charge >= 0.3 is 6.18 Å². The maximum absolute atomic E-state index is 12.5. The second-order valence-corrected chi connectivity index (χ2v) is 4.27. The van der Waals surface area contributed by atoms with E-state index in [1.54, 1.807) is 16.8 Å². The van der Waals surface area contributed by atoms with Crippen molar-refractivity contribution in [1.29, 1.82) is 0 Å². The SMILES string of the molecule is CCn1cc(Br)cc2nc(C(F)(F)F)cc1-2. The molecule has 0 atom stereocenters. The smallest absolute Gasteiger partial charge is 0.345 e. The minimum absolute atomic E-state index is 0.351. The van der Waals surface area contributed by atoms with E-state index in [2.05, 4.69) is 20.9 Å². The summed E-state index contributed by atoms with van der Waals surface area (Å²) in [6.45, 7) is 2.46. The zero-order valence-electron chi connectivity index (χ0n) is 8.35. The second-order valence-electron chi connectivity index (χ2n) is 3.35. The van der Waals surface area contributed by atoms with Crippen LogP contribution in [0.15, 0.2) is 22.8 Å². The topological polar surface area (TPSA) is 17.8 Å². The summed E-state index contributed by atoms with van der Waals surface area (Å²) in [7, 11) is 0. The number of aromatic nitrogens is 2. The molecular weight excluding hydrogens is 285 g/mol. The number of fused-ring (bicyclic) bond motifs is 1. The van der Waals surface area contributed by atoms with E-state index in [0.29, 0.717) is 22.4 Å². The molecule has 2 rings (SSSR count). The van der Waals surface area contributed by atoms with Gasteiger partial charge in [-0.1, -0.05) is 0 Å². The van der Waals surface area contributed by atoms with Crippen LogP contribution in [0.4, 0.5) is 13.2 Å². The third-order valence-electron chi connectivity index (χ3n) is 2.27. The Labute approximate surface area is 98.6 Å². The minimum atomic E-state index is -4.39. The minimum Gasteiger partial charge on any atom is -0.345 e. The van der Waals surface area contributed by atoms with E-state index in [0.717, 1.165) is 6.07 Å². The summed E-state index contributed by atoms with van der Waals surface area (Å²) < 4.78 is 39.9. The van der Waals surface area contributed by atoms with Gasteiger partial charge in [-0.15, -0.1) is 0 Å². The van der Waals surface area contributed by atoms with E-state index in [1.165, 1.54) is 0 Å². The van der Waals surface area contributed by atoms with Crippen LogP contribution in [0, 0.1) is 0 Å². The lowest BCUT2D eigenvalue weighted by Crippen LogP contribution is -2.04. The van der Waals surface area contributed by atoms with Gasteiger partial charge in [0.05, 0.1) is 11.4 Å². The standard InChI is InChI=1S/C10H8BrF3N2/c1-2-16-5-6(11)3-7-8(16)4-9(15-7)10(12,13)14/h3-5H,2H2,1H3. The highest BCUT2D eigenvalue weighted by Gasteiger charge is 2.35. The maximum Gasteiger partial charge on any atom is 0.433 e. The molecule has 0 aliphatic carbocycles. The summed E-state index contributed by atoms with van der Waals surface area (Å²) in [4.78, 5) is 3.58. The predicted molar refractivity (Wildman–Crippen MR) is 57.2 cm³/mol. The van der Waals surface area contributed by atoms with Crippen molar-refractivity contribution in [2.45, 2.75) is 19.6 Å². The molecule has 2 aliphatic rings. The first-order valence-corrected chi connectivity index (χ1v) is 5.44. The molecule has 16 heavy (non-hydrogen) atoms. The quantitative estimate of drug-likeness (QED) is 0.782. The Kier molecular flexibility index (Phi) is 2.69. The van der Waals surface area contributed by atoms with Gasteiger partial charge in [0.1, 0.15) is 5.69 Å². The van der Waals surface area contributed by atoms with Crippen LogP contribution in [0.5, 0.6) is 0 Å². The highest BCUT2D eigenvalue weighted by Crippen LogP contribution is 2.34. The highest BCUT2D eigenvalue weighted by molar-refractivity contribution is 9.10. The molecule has 0 aromatic rings. The summed E-state index contributed by atoms with van der Waals surface area (Å²) in [5.41, 5.74) is 0.00405. The first kappa shape index (κ1) is 11.4. The third kappa shape index (κ3) is 1.93. The molecular formula is C10H8BrF3N2. The fraction of sp³-hybridized carbons (Fsp3) is 0.300. The molecule has 0 bridgehead atoms. The number of nitrogens with zero attached hydrogens (tertiary/aromatic N) is 2. The second kappa shape index (κ2) is 3.76. The largest absolute Gasteiger partial charge is 0.433 e. The molecule has 0 fully saturated rings. The Hall–Kier alpha value is -1.04. The van der Waals surface area contributed by atoms with E-state index >= 15 is 0 Å². The number of hydrogen-bond donors (Lipinski definition) is 0. The number of pyridine rings is 1. The van der Waals surface area contributed by atoms with Crippen molar-refractivity contribution in [3.63, 3.8) is 0 Å². The van der Waals surface area contributed by atoms with Crippen LogP contribution >= 0.6 is 15.9 Å². The van der Waals surface area contributed by atoms with Crippen LogP contribution in [0.1, 0.15) is 12.6 Å². The Morgan fingerprint density at radius 3 is 2.62 bits per heavy atom. The summed E-state index contributed by atoms with van der Waals surface area (Å²) in [6.07, 6.45) is -2.65. The first-order chi connectivity index (χ1) is 7.41. The number of hydrogen-bond acceptors (Lipinski definition) is 1. The molecule has 6 heteroatoms. The van der Waals surface area contributed by atoms with E-state index in [1.807, 2.05) is 6.92 Å². The molecule has 0 saturated heterocycles. The van der Waals surface area contributed by atoms with Gasteiger partial charge in [-0.3, -0.25) is 0 Å². The van der Waals surface area contributed by atoms with E-state index in [-0.39, 0.29) is 0 Å². The zero-order valence-corrected chi connectivity index (χ0v) is 9.93. The van der Waals surface area contributed by atoms with Crippen LogP contribution in [0.2, 0.25) is 0 Å². The Balaban J connectivity index is 2.65. The van der Waals surface area contributed by atoms with Crippen LogP contribution in [-0.2, 0) is 12.7 Å². The maximum atomic E-state index is 12.5. The lowest BCUT2D eigenvalue weighted by molar-refractivity contribution is -0.140. The van der Waals surface area contributed by atoms with Crippen LogP contribution in [0.25, 0.3) is 11.4 Å². The van der Waals surface area contributed by atoms with Crippen molar-refractivity contribution in [1.82, 2.24) is 9.55 Å². The number of aryl methyl sites for hydroxylation is 1. The first-order valence-electron chi connectivity index (χ1n) is 4.65. The summed E-state index contributed by atoms with van der Waals surface area (Å²) in [6, 6.07) is 2.65. The molecule has 2 heterocycles. The zero-order chi connectivity index (χ0) is 11.9. The number of halogens is 4. The molecule has 0 N–H and O–H groups in total. The fourth-order valence-corrected chi connectivity index (χ4v) is 2.02. The van der Waals surface area contributed by atoms with Gasteiger partial charge in [0.15, 0.2) is 0 Å². The summed E-state index contributed by atoms with van der Waals surface area (Å²) in [5.74, 6) is 0. The molecule has 0 unspecified atom stereocenters. The van der Waals surface area contributed by atoms with Gasteiger partial charge in [0, 0.05) is 17.2 Å².